The molecular weight excluding hydrogens is 413 g/mol. The van der Waals surface area contributed by atoms with Gasteiger partial charge in [-0.3, -0.25) is 4.79 Å². The van der Waals surface area contributed by atoms with Crippen LogP contribution in [-0.4, -0.2) is 22.0 Å². The Labute approximate surface area is 185 Å². The van der Waals surface area contributed by atoms with E-state index in [-0.39, 0.29) is 18.1 Å². The first kappa shape index (κ1) is 21.1. The standard InChI is InChI=1S/C25H23ClFN3O/c26-21-7-2-1-6-19(21)16-25(31)28-15-5-10-24-29-22-8-3-4-9-23(22)30(24)17-18-11-13-20(27)14-12-18/h1-4,6-9,11-14H,5,10,15-17H2,(H,28,31). The Morgan fingerprint density at radius 3 is 2.55 bits per heavy atom. The number of aromatic nitrogens is 2. The number of nitrogens with one attached hydrogen (secondary N) is 1. The van der Waals surface area contributed by atoms with E-state index in [4.69, 9.17) is 16.6 Å². The number of hydrogen-bond acceptors (Lipinski definition) is 2. The van der Waals surface area contributed by atoms with Crippen LogP contribution < -0.4 is 5.32 Å². The molecule has 1 heterocycles. The van der Waals surface area contributed by atoms with E-state index in [1.807, 2.05) is 42.5 Å². The average Bonchev–Trinajstić information content (AvgIpc) is 3.12. The highest BCUT2D eigenvalue weighted by atomic mass is 35.5. The van der Waals surface area contributed by atoms with Crippen molar-refractivity contribution >= 4 is 28.5 Å². The van der Waals surface area contributed by atoms with E-state index < -0.39 is 0 Å². The number of carbonyl (C=O) groups is 1. The maximum atomic E-state index is 13.3. The summed E-state index contributed by atoms with van der Waals surface area (Å²) in [4.78, 5) is 17.0. The topological polar surface area (TPSA) is 46.9 Å². The zero-order valence-corrected chi connectivity index (χ0v) is 17.8. The molecule has 0 aliphatic heterocycles. The number of halogens is 2. The molecule has 31 heavy (non-hydrogen) atoms. The fourth-order valence-electron chi connectivity index (χ4n) is 3.62. The van der Waals surface area contributed by atoms with Crippen molar-refractivity contribution < 1.29 is 9.18 Å². The molecule has 1 amide bonds. The molecule has 0 saturated carbocycles. The molecule has 1 N–H and O–H groups in total. The third-order valence-corrected chi connectivity index (χ3v) is 5.56. The molecule has 4 rings (SSSR count). The van der Waals surface area contributed by atoms with E-state index in [0.717, 1.165) is 40.8 Å². The van der Waals surface area contributed by atoms with Crippen LogP contribution in [0, 0.1) is 5.82 Å². The molecule has 0 bridgehead atoms. The maximum absolute atomic E-state index is 13.3. The van der Waals surface area contributed by atoms with Gasteiger partial charge in [0.05, 0.1) is 17.5 Å². The summed E-state index contributed by atoms with van der Waals surface area (Å²) in [6.07, 6.45) is 1.76. The number of carbonyl (C=O) groups excluding carboxylic acids is 1. The Bertz CT molecular complexity index is 1190. The van der Waals surface area contributed by atoms with Crippen molar-refractivity contribution in [1.82, 2.24) is 14.9 Å². The summed E-state index contributed by atoms with van der Waals surface area (Å²) in [5.41, 5.74) is 3.81. The Kier molecular flexibility index (Phi) is 6.63. The minimum Gasteiger partial charge on any atom is -0.356 e. The van der Waals surface area contributed by atoms with Crippen molar-refractivity contribution in [2.24, 2.45) is 0 Å². The molecule has 0 spiro atoms. The van der Waals surface area contributed by atoms with Crippen molar-refractivity contribution in [3.05, 3.63) is 101 Å². The lowest BCUT2D eigenvalue weighted by molar-refractivity contribution is -0.120. The van der Waals surface area contributed by atoms with Crippen LogP contribution in [0.1, 0.15) is 23.4 Å². The Morgan fingerprint density at radius 1 is 1.00 bits per heavy atom. The lowest BCUT2D eigenvalue weighted by Crippen LogP contribution is -2.26. The van der Waals surface area contributed by atoms with E-state index in [1.165, 1.54) is 12.1 Å². The van der Waals surface area contributed by atoms with Gasteiger partial charge in [0.25, 0.3) is 0 Å². The van der Waals surface area contributed by atoms with Gasteiger partial charge in [0.2, 0.25) is 5.91 Å². The Morgan fingerprint density at radius 2 is 1.74 bits per heavy atom. The van der Waals surface area contributed by atoms with Gasteiger partial charge in [-0.1, -0.05) is 54.1 Å². The van der Waals surface area contributed by atoms with Crippen LogP contribution in [0.15, 0.2) is 72.8 Å². The van der Waals surface area contributed by atoms with Crippen molar-refractivity contribution in [1.29, 1.82) is 0 Å². The average molecular weight is 436 g/mol. The lowest BCUT2D eigenvalue weighted by atomic mass is 10.1. The van der Waals surface area contributed by atoms with Gasteiger partial charge in [0.15, 0.2) is 0 Å². The number of fused-ring (bicyclic) bond motifs is 1. The first-order valence-electron chi connectivity index (χ1n) is 10.3. The van der Waals surface area contributed by atoms with Gasteiger partial charge in [-0.05, 0) is 47.9 Å². The first-order chi connectivity index (χ1) is 15.1. The molecule has 4 aromatic rings. The van der Waals surface area contributed by atoms with Crippen molar-refractivity contribution in [3.8, 4) is 0 Å². The number of imidazole rings is 1. The van der Waals surface area contributed by atoms with Crippen LogP contribution in [-0.2, 0) is 24.2 Å². The number of aryl methyl sites for hydroxylation is 1. The van der Waals surface area contributed by atoms with Crippen molar-refractivity contribution in [2.75, 3.05) is 6.54 Å². The molecule has 0 atom stereocenters. The van der Waals surface area contributed by atoms with E-state index in [9.17, 15) is 9.18 Å². The van der Waals surface area contributed by atoms with Gasteiger partial charge in [-0.15, -0.1) is 0 Å². The van der Waals surface area contributed by atoms with Crippen LogP contribution in [0.25, 0.3) is 11.0 Å². The van der Waals surface area contributed by atoms with Gasteiger partial charge >= 0.3 is 0 Å². The molecule has 4 nitrogen and oxygen atoms in total. The molecule has 0 unspecified atom stereocenters. The fourth-order valence-corrected chi connectivity index (χ4v) is 3.82. The van der Waals surface area contributed by atoms with Crippen LogP contribution in [0.5, 0.6) is 0 Å². The summed E-state index contributed by atoms with van der Waals surface area (Å²) in [6, 6.07) is 21.9. The monoisotopic (exact) mass is 435 g/mol. The highest BCUT2D eigenvalue weighted by Crippen LogP contribution is 2.19. The van der Waals surface area contributed by atoms with Crippen molar-refractivity contribution in [2.45, 2.75) is 25.8 Å². The van der Waals surface area contributed by atoms with E-state index in [1.54, 1.807) is 18.2 Å². The van der Waals surface area contributed by atoms with Crippen molar-refractivity contribution in [3.63, 3.8) is 0 Å². The first-order valence-corrected chi connectivity index (χ1v) is 10.7. The Hall–Kier alpha value is -3.18. The number of hydrogen-bond donors (Lipinski definition) is 1. The van der Waals surface area contributed by atoms with Gasteiger partial charge < -0.3 is 9.88 Å². The van der Waals surface area contributed by atoms with Gasteiger partial charge in [-0.2, -0.15) is 0 Å². The molecule has 1 aromatic heterocycles. The molecule has 158 valence electrons. The lowest BCUT2D eigenvalue weighted by Gasteiger charge is -2.10. The summed E-state index contributed by atoms with van der Waals surface area (Å²) >= 11 is 6.13. The van der Waals surface area contributed by atoms with Gasteiger partial charge in [0.1, 0.15) is 11.6 Å². The third-order valence-electron chi connectivity index (χ3n) is 5.20. The summed E-state index contributed by atoms with van der Waals surface area (Å²) in [5, 5.41) is 3.57. The quantitative estimate of drug-likeness (QED) is 0.388. The second-order valence-electron chi connectivity index (χ2n) is 7.45. The molecule has 0 saturated heterocycles. The van der Waals surface area contributed by atoms with E-state index in [2.05, 4.69) is 9.88 Å². The highest BCUT2D eigenvalue weighted by molar-refractivity contribution is 6.31. The van der Waals surface area contributed by atoms with E-state index >= 15 is 0 Å². The number of rotatable bonds is 8. The minimum atomic E-state index is -0.244. The van der Waals surface area contributed by atoms with Crippen LogP contribution in [0.2, 0.25) is 5.02 Å². The number of para-hydroxylation sites is 2. The predicted octanol–water partition coefficient (Wildman–Crippen LogP) is 5.17. The summed E-state index contributed by atoms with van der Waals surface area (Å²) in [6.45, 7) is 1.18. The third kappa shape index (κ3) is 5.30. The van der Waals surface area contributed by atoms with Crippen LogP contribution in [0.3, 0.4) is 0 Å². The van der Waals surface area contributed by atoms with Crippen LogP contribution >= 0.6 is 11.6 Å². The van der Waals surface area contributed by atoms with Gasteiger partial charge in [-0.25, -0.2) is 9.37 Å². The molecular formula is C25H23ClFN3O. The number of nitrogens with zero attached hydrogens (tertiary/aromatic N) is 2. The molecule has 3 aromatic carbocycles. The molecule has 0 aliphatic carbocycles. The molecule has 6 heteroatoms. The predicted molar refractivity (Wildman–Crippen MR) is 122 cm³/mol. The smallest absolute Gasteiger partial charge is 0.224 e. The summed E-state index contributed by atoms with van der Waals surface area (Å²) in [7, 11) is 0. The fraction of sp³-hybridized carbons (Fsp3) is 0.200. The van der Waals surface area contributed by atoms with E-state index in [0.29, 0.717) is 18.1 Å². The summed E-state index contributed by atoms with van der Waals surface area (Å²) in [5.74, 6) is 0.658. The van der Waals surface area contributed by atoms with Gasteiger partial charge in [0, 0.05) is 24.5 Å². The highest BCUT2D eigenvalue weighted by Gasteiger charge is 2.12. The number of amides is 1. The number of benzene rings is 3. The normalized spacial score (nSPS) is 11.0. The maximum Gasteiger partial charge on any atom is 0.224 e. The summed E-state index contributed by atoms with van der Waals surface area (Å²) < 4.78 is 15.4. The molecule has 0 aliphatic rings. The second kappa shape index (κ2) is 9.75. The molecule has 0 fully saturated rings. The zero-order valence-electron chi connectivity index (χ0n) is 17.0. The zero-order chi connectivity index (χ0) is 21.6. The van der Waals surface area contributed by atoms with Crippen LogP contribution in [0.4, 0.5) is 4.39 Å². The second-order valence-corrected chi connectivity index (χ2v) is 7.86. The minimum absolute atomic E-state index is 0.0482. The molecule has 0 radical (unpaired) electrons. The Balaban J connectivity index is 1.39. The largest absolute Gasteiger partial charge is 0.356 e. The SMILES string of the molecule is O=C(Cc1ccccc1Cl)NCCCc1nc2ccccc2n1Cc1ccc(F)cc1.